The van der Waals surface area contributed by atoms with Crippen molar-refractivity contribution >= 4 is 34.8 Å². The molecule has 0 saturated carbocycles. The molecule has 0 aliphatic carbocycles. The van der Waals surface area contributed by atoms with Crippen molar-refractivity contribution in [3.63, 3.8) is 0 Å². The number of aryl methyl sites for hydroxylation is 1. The maximum Gasteiger partial charge on any atom is 0.136 e. The zero-order chi connectivity index (χ0) is 14.0. The number of rotatable bonds is 3. The van der Waals surface area contributed by atoms with Gasteiger partial charge >= 0.3 is 0 Å². The summed E-state index contributed by atoms with van der Waals surface area (Å²) in [6.45, 7) is 3.98. The number of hydrogen-bond donors (Lipinski definition) is 0. The lowest BCUT2D eigenvalue weighted by Gasteiger charge is -2.10. The van der Waals surface area contributed by atoms with Crippen LogP contribution in [0.4, 0.5) is 0 Å². The van der Waals surface area contributed by atoms with Crippen LogP contribution in [0.3, 0.4) is 0 Å². The smallest absolute Gasteiger partial charge is 0.136 e. The number of benzene rings is 1. The second kappa shape index (κ2) is 6.08. The van der Waals surface area contributed by atoms with Crippen molar-refractivity contribution in [1.82, 2.24) is 9.97 Å². The van der Waals surface area contributed by atoms with Crippen LogP contribution in [0.1, 0.15) is 24.7 Å². The van der Waals surface area contributed by atoms with Gasteiger partial charge in [-0.05, 0) is 25.5 Å². The third-order valence-corrected chi connectivity index (χ3v) is 3.91. The summed E-state index contributed by atoms with van der Waals surface area (Å²) in [7, 11) is 0. The van der Waals surface area contributed by atoms with Gasteiger partial charge in [0.1, 0.15) is 11.0 Å². The van der Waals surface area contributed by atoms with Crippen LogP contribution in [-0.2, 0) is 6.42 Å². The van der Waals surface area contributed by atoms with E-state index in [1.54, 1.807) is 12.1 Å². The Morgan fingerprint density at radius 2 is 1.79 bits per heavy atom. The highest BCUT2D eigenvalue weighted by Gasteiger charge is 2.12. The van der Waals surface area contributed by atoms with Gasteiger partial charge in [-0.3, -0.25) is 0 Å². The Balaban J connectivity index is 2.56. The van der Waals surface area contributed by atoms with Crippen LogP contribution < -0.4 is 0 Å². The molecule has 0 radical (unpaired) electrons. The normalized spacial score (nSPS) is 10.8. The Morgan fingerprint density at radius 3 is 2.42 bits per heavy atom. The summed E-state index contributed by atoms with van der Waals surface area (Å²) < 4.78 is 0. The average molecular weight is 316 g/mol. The lowest BCUT2D eigenvalue weighted by molar-refractivity contribution is 0.833. The lowest BCUT2D eigenvalue weighted by atomic mass is 10.1. The lowest BCUT2D eigenvalue weighted by Crippen LogP contribution is -2.00. The molecular formula is C14H13Cl3N2. The van der Waals surface area contributed by atoms with Gasteiger partial charge in [-0.2, -0.15) is 0 Å². The second-order valence-electron chi connectivity index (χ2n) is 4.28. The molecule has 19 heavy (non-hydrogen) atoms. The molecule has 2 nitrogen and oxygen atoms in total. The first-order valence-corrected chi connectivity index (χ1v) is 7.14. The monoisotopic (exact) mass is 314 g/mol. The maximum absolute atomic E-state index is 6.17. The summed E-state index contributed by atoms with van der Waals surface area (Å²) in [4.78, 5) is 8.85. The Morgan fingerprint density at radius 1 is 1.05 bits per heavy atom. The maximum atomic E-state index is 6.17. The first-order chi connectivity index (χ1) is 9.02. The van der Waals surface area contributed by atoms with Gasteiger partial charge in [0, 0.05) is 17.5 Å². The van der Waals surface area contributed by atoms with Crippen molar-refractivity contribution in [3.8, 4) is 11.3 Å². The number of nitrogens with zero attached hydrogens (tertiary/aromatic N) is 2. The van der Waals surface area contributed by atoms with Gasteiger partial charge in [0.2, 0.25) is 0 Å². The minimum absolute atomic E-state index is 0.486. The number of aromatic nitrogens is 2. The summed E-state index contributed by atoms with van der Waals surface area (Å²) in [5.74, 6) is 0.749. The molecule has 5 heteroatoms. The van der Waals surface area contributed by atoms with E-state index in [1.165, 1.54) is 0 Å². The molecule has 0 amide bonds. The number of hydrogen-bond acceptors (Lipinski definition) is 2. The summed E-state index contributed by atoms with van der Waals surface area (Å²) >= 11 is 18.1. The molecule has 0 bridgehead atoms. The van der Waals surface area contributed by atoms with E-state index in [0.717, 1.165) is 35.5 Å². The third-order valence-electron chi connectivity index (χ3n) is 2.80. The Labute approximate surface area is 127 Å². The van der Waals surface area contributed by atoms with Gasteiger partial charge in [0.25, 0.3) is 0 Å². The SMILES string of the molecule is CCCc1nc(Cl)c(C)c(-c2ccc(Cl)c(Cl)c2)n1. The van der Waals surface area contributed by atoms with E-state index in [4.69, 9.17) is 34.8 Å². The van der Waals surface area contributed by atoms with Crippen molar-refractivity contribution in [1.29, 1.82) is 0 Å². The molecule has 0 N–H and O–H groups in total. The molecule has 0 saturated heterocycles. The minimum atomic E-state index is 0.486. The predicted molar refractivity (Wildman–Crippen MR) is 81.2 cm³/mol. The Bertz CT molecular complexity index is 612. The number of halogens is 3. The molecule has 0 atom stereocenters. The van der Waals surface area contributed by atoms with Crippen molar-refractivity contribution in [2.24, 2.45) is 0 Å². The molecule has 2 aromatic rings. The minimum Gasteiger partial charge on any atom is -0.233 e. The van der Waals surface area contributed by atoms with E-state index in [2.05, 4.69) is 16.9 Å². The van der Waals surface area contributed by atoms with Crippen LogP contribution in [0.15, 0.2) is 18.2 Å². The summed E-state index contributed by atoms with van der Waals surface area (Å²) in [5.41, 5.74) is 2.55. The fourth-order valence-corrected chi connectivity index (χ4v) is 2.28. The first kappa shape index (κ1) is 14.6. The van der Waals surface area contributed by atoms with Gasteiger partial charge in [-0.1, -0.05) is 47.8 Å². The Hall–Kier alpha value is -0.830. The van der Waals surface area contributed by atoms with E-state index in [1.807, 2.05) is 13.0 Å². The topological polar surface area (TPSA) is 25.8 Å². The molecule has 1 heterocycles. The molecule has 0 aliphatic heterocycles. The van der Waals surface area contributed by atoms with E-state index in [-0.39, 0.29) is 0 Å². The fourth-order valence-electron chi connectivity index (χ4n) is 1.79. The Kier molecular flexibility index (Phi) is 4.67. The molecule has 2 rings (SSSR count). The van der Waals surface area contributed by atoms with Gasteiger partial charge in [-0.15, -0.1) is 0 Å². The molecule has 1 aromatic carbocycles. The first-order valence-electron chi connectivity index (χ1n) is 6.01. The largest absolute Gasteiger partial charge is 0.233 e. The van der Waals surface area contributed by atoms with E-state index >= 15 is 0 Å². The van der Waals surface area contributed by atoms with Crippen LogP contribution in [-0.4, -0.2) is 9.97 Å². The molecule has 100 valence electrons. The molecular weight excluding hydrogens is 303 g/mol. The van der Waals surface area contributed by atoms with Gasteiger partial charge in [0.15, 0.2) is 0 Å². The fraction of sp³-hybridized carbons (Fsp3) is 0.286. The standard InChI is InChI=1S/C14H13Cl3N2/c1-3-4-12-18-13(8(2)14(17)19-12)9-5-6-10(15)11(16)7-9/h5-7H,3-4H2,1-2H3. The summed E-state index contributed by atoms with van der Waals surface area (Å²) in [6, 6.07) is 5.44. The molecule has 0 fully saturated rings. The molecule has 0 aliphatic rings. The highest BCUT2D eigenvalue weighted by atomic mass is 35.5. The molecule has 0 unspecified atom stereocenters. The van der Waals surface area contributed by atoms with Crippen LogP contribution in [0.5, 0.6) is 0 Å². The second-order valence-corrected chi connectivity index (χ2v) is 5.46. The summed E-state index contributed by atoms with van der Waals surface area (Å²) in [5, 5.41) is 1.52. The third kappa shape index (κ3) is 3.19. The van der Waals surface area contributed by atoms with Crippen molar-refractivity contribution in [2.45, 2.75) is 26.7 Å². The van der Waals surface area contributed by atoms with Crippen molar-refractivity contribution < 1.29 is 0 Å². The van der Waals surface area contributed by atoms with Gasteiger partial charge < -0.3 is 0 Å². The van der Waals surface area contributed by atoms with Crippen LogP contribution in [0.25, 0.3) is 11.3 Å². The highest BCUT2D eigenvalue weighted by Crippen LogP contribution is 2.31. The van der Waals surface area contributed by atoms with Crippen molar-refractivity contribution in [2.75, 3.05) is 0 Å². The quantitative estimate of drug-likeness (QED) is 0.712. The van der Waals surface area contributed by atoms with Gasteiger partial charge in [0.05, 0.1) is 15.7 Å². The summed E-state index contributed by atoms with van der Waals surface area (Å²) in [6.07, 6.45) is 1.77. The highest BCUT2D eigenvalue weighted by molar-refractivity contribution is 6.42. The van der Waals surface area contributed by atoms with Crippen LogP contribution in [0.2, 0.25) is 15.2 Å². The predicted octanol–water partition coefficient (Wildman–Crippen LogP) is 5.36. The average Bonchev–Trinajstić information content (AvgIpc) is 2.37. The van der Waals surface area contributed by atoms with E-state index < -0.39 is 0 Å². The molecule has 0 spiro atoms. The van der Waals surface area contributed by atoms with Crippen molar-refractivity contribution in [3.05, 3.63) is 44.8 Å². The van der Waals surface area contributed by atoms with E-state index in [0.29, 0.717) is 15.2 Å². The zero-order valence-corrected chi connectivity index (χ0v) is 12.9. The van der Waals surface area contributed by atoms with E-state index in [9.17, 15) is 0 Å². The van der Waals surface area contributed by atoms with Crippen LogP contribution >= 0.6 is 34.8 Å². The van der Waals surface area contributed by atoms with Crippen LogP contribution in [0, 0.1) is 6.92 Å². The molecule has 1 aromatic heterocycles. The zero-order valence-electron chi connectivity index (χ0n) is 10.7. The van der Waals surface area contributed by atoms with Gasteiger partial charge in [-0.25, -0.2) is 9.97 Å².